The molecule has 0 bridgehead atoms. The second kappa shape index (κ2) is 11.2. The smallest absolute Gasteiger partial charge is 0.281 e. The Morgan fingerprint density at radius 1 is 0.949 bits per heavy atom. The molecule has 198 valence electrons. The maximum Gasteiger partial charge on any atom is 0.281 e. The molecule has 0 aliphatic carbocycles. The zero-order valence-corrected chi connectivity index (χ0v) is 21.8. The van der Waals surface area contributed by atoms with E-state index in [2.05, 4.69) is 30.4 Å². The van der Waals surface area contributed by atoms with Crippen LogP contribution < -0.4 is 24.3 Å². The SMILES string of the molecule is CCOc1cn(-c2cnc(Cl)cn2)nc1C(=O)Nc1ccc(Oc2ccnc3cc(OC)c(OC)cc23)cn1. The van der Waals surface area contributed by atoms with E-state index in [1.807, 2.05) is 0 Å². The van der Waals surface area contributed by atoms with Gasteiger partial charge in [-0.25, -0.2) is 19.6 Å². The van der Waals surface area contributed by atoms with E-state index < -0.39 is 5.91 Å². The highest BCUT2D eigenvalue weighted by Crippen LogP contribution is 2.36. The lowest BCUT2D eigenvalue weighted by Crippen LogP contribution is -2.15. The number of rotatable bonds is 9. The minimum atomic E-state index is -0.513. The molecule has 39 heavy (non-hydrogen) atoms. The van der Waals surface area contributed by atoms with Gasteiger partial charge in [0.15, 0.2) is 28.8 Å². The fourth-order valence-corrected chi connectivity index (χ4v) is 3.77. The quantitative estimate of drug-likeness (QED) is 0.276. The number of fused-ring (bicyclic) bond motifs is 1. The summed E-state index contributed by atoms with van der Waals surface area (Å²) in [6.07, 6.45) is 7.49. The Morgan fingerprint density at radius 2 is 1.77 bits per heavy atom. The molecule has 13 heteroatoms. The first-order valence-electron chi connectivity index (χ1n) is 11.7. The van der Waals surface area contributed by atoms with E-state index in [1.54, 1.807) is 63.9 Å². The Hall–Kier alpha value is -4.97. The summed E-state index contributed by atoms with van der Waals surface area (Å²) in [6.45, 7) is 2.14. The van der Waals surface area contributed by atoms with Gasteiger partial charge in [0.2, 0.25) is 0 Å². The summed E-state index contributed by atoms with van der Waals surface area (Å²) in [5.41, 5.74) is 0.736. The Bertz CT molecular complexity index is 1630. The molecule has 0 aliphatic heterocycles. The summed E-state index contributed by atoms with van der Waals surface area (Å²) in [6, 6.07) is 8.60. The minimum Gasteiger partial charge on any atom is -0.493 e. The molecule has 5 rings (SSSR count). The molecular formula is C26H22ClN7O5. The van der Waals surface area contributed by atoms with Gasteiger partial charge in [0.1, 0.15) is 22.5 Å². The van der Waals surface area contributed by atoms with Gasteiger partial charge in [-0.15, -0.1) is 0 Å². The molecule has 0 fully saturated rings. The minimum absolute atomic E-state index is 0.0587. The monoisotopic (exact) mass is 547 g/mol. The van der Waals surface area contributed by atoms with E-state index in [4.69, 9.17) is 30.5 Å². The third kappa shape index (κ3) is 5.50. The maximum absolute atomic E-state index is 13.0. The number of nitrogens with one attached hydrogen (secondary N) is 1. The average Bonchev–Trinajstić information content (AvgIpc) is 3.38. The summed E-state index contributed by atoms with van der Waals surface area (Å²) in [4.78, 5) is 29.9. The molecule has 0 spiro atoms. The number of halogens is 1. The van der Waals surface area contributed by atoms with Gasteiger partial charge in [0.05, 0.1) is 51.1 Å². The van der Waals surface area contributed by atoms with Crippen LogP contribution in [0, 0.1) is 0 Å². The van der Waals surface area contributed by atoms with Gasteiger partial charge in [-0.3, -0.25) is 9.78 Å². The Balaban J connectivity index is 1.34. The van der Waals surface area contributed by atoms with Crippen LogP contribution in [0.5, 0.6) is 28.7 Å². The van der Waals surface area contributed by atoms with Crippen molar-refractivity contribution in [3.8, 4) is 34.6 Å². The predicted octanol–water partition coefficient (Wildman–Crippen LogP) is 4.72. The van der Waals surface area contributed by atoms with E-state index in [1.165, 1.54) is 23.3 Å². The summed E-state index contributed by atoms with van der Waals surface area (Å²) in [5, 5.41) is 8.00. The standard InChI is InChI=1S/C26H22ClN7O5/c1-4-38-21-14-34(24-13-29-22(27)12-31-24)33-25(21)26(35)32-23-6-5-15(11-30-23)39-18-7-8-28-17-10-20(37-3)19(36-2)9-16(17)18/h5-14H,4H2,1-3H3,(H,30,32,35). The number of anilines is 1. The molecule has 4 aromatic heterocycles. The van der Waals surface area contributed by atoms with E-state index in [9.17, 15) is 4.79 Å². The molecule has 0 saturated heterocycles. The highest BCUT2D eigenvalue weighted by molar-refractivity contribution is 6.29. The van der Waals surface area contributed by atoms with Gasteiger partial charge in [0.25, 0.3) is 5.91 Å². The molecule has 0 saturated carbocycles. The van der Waals surface area contributed by atoms with Gasteiger partial charge < -0.3 is 24.3 Å². The summed E-state index contributed by atoms with van der Waals surface area (Å²) in [7, 11) is 3.12. The Kier molecular flexibility index (Phi) is 7.37. The topological polar surface area (TPSA) is 135 Å². The summed E-state index contributed by atoms with van der Waals surface area (Å²) in [5.74, 6) is 2.56. The van der Waals surface area contributed by atoms with Crippen LogP contribution in [0.25, 0.3) is 16.7 Å². The van der Waals surface area contributed by atoms with Crippen molar-refractivity contribution in [1.82, 2.24) is 29.7 Å². The third-order valence-electron chi connectivity index (χ3n) is 5.45. The van der Waals surface area contributed by atoms with Crippen LogP contribution in [0.15, 0.2) is 61.3 Å². The Labute approximate surface area is 227 Å². The van der Waals surface area contributed by atoms with Gasteiger partial charge in [-0.1, -0.05) is 11.6 Å². The number of carbonyl (C=O) groups is 1. The molecule has 0 aliphatic rings. The van der Waals surface area contributed by atoms with E-state index in [0.29, 0.717) is 46.8 Å². The first-order chi connectivity index (χ1) is 19.0. The van der Waals surface area contributed by atoms with Crippen LogP contribution in [-0.4, -0.2) is 56.5 Å². The predicted molar refractivity (Wildman–Crippen MR) is 142 cm³/mol. The lowest BCUT2D eigenvalue weighted by Gasteiger charge is -2.12. The van der Waals surface area contributed by atoms with Crippen LogP contribution in [0.1, 0.15) is 17.4 Å². The number of nitrogens with zero attached hydrogens (tertiary/aromatic N) is 6. The van der Waals surface area contributed by atoms with Crippen molar-refractivity contribution in [2.24, 2.45) is 0 Å². The van der Waals surface area contributed by atoms with Crippen molar-refractivity contribution < 1.29 is 23.7 Å². The average molecular weight is 548 g/mol. The van der Waals surface area contributed by atoms with Gasteiger partial charge in [-0.05, 0) is 31.2 Å². The number of hydrogen-bond acceptors (Lipinski definition) is 10. The first kappa shape index (κ1) is 25.7. The largest absolute Gasteiger partial charge is 0.493 e. The molecule has 4 heterocycles. The molecular weight excluding hydrogens is 526 g/mol. The second-order valence-electron chi connectivity index (χ2n) is 7.89. The van der Waals surface area contributed by atoms with E-state index >= 15 is 0 Å². The van der Waals surface area contributed by atoms with Crippen molar-refractivity contribution >= 4 is 34.2 Å². The normalized spacial score (nSPS) is 10.8. The number of benzene rings is 1. The third-order valence-corrected chi connectivity index (χ3v) is 5.64. The number of aromatic nitrogens is 6. The highest BCUT2D eigenvalue weighted by atomic mass is 35.5. The zero-order chi connectivity index (χ0) is 27.4. The number of hydrogen-bond donors (Lipinski definition) is 1. The van der Waals surface area contributed by atoms with Gasteiger partial charge in [0, 0.05) is 17.6 Å². The first-order valence-corrected chi connectivity index (χ1v) is 12.0. The molecule has 1 aromatic carbocycles. The van der Waals surface area contributed by atoms with Crippen molar-refractivity contribution in [2.45, 2.75) is 6.92 Å². The molecule has 5 aromatic rings. The van der Waals surface area contributed by atoms with Crippen molar-refractivity contribution in [3.05, 3.63) is 72.2 Å². The van der Waals surface area contributed by atoms with Crippen LogP contribution >= 0.6 is 11.6 Å². The zero-order valence-electron chi connectivity index (χ0n) is 21.1. The van der Waals surface area contributed by atoms with E-state index in [-0.39, 0.29) is 16.6 Å². The highest BCUT2D eigenvalue weighted by Gasteiger charge is 2.20. The summed E-state index contributed by atoms with van der Waals surface area (Å²) < 4.78 is 23.8. The molecule has 1 N–H and O–H groups in total. The van der Waals surface area contributed by atoms with Gasteiger partial charge >= 0.3 is 0 Å². The fraction of sp³-hybridized carbons (Fsp3) is 0.154. The van der Waals surface area contributed by atoms with Crippen molar-refractivity contribution in [2.75, 3.05) is 26.1 Å². The summed E-state index contributed by atoms with van der Waals surface area (Å²) >= 11 is 5.81. The fourth-order valence-electron chi connectivity index (χ4n) is 3.67. The number of amides is 1. The number of ether oxygens (including phenoxy) is 4. The lowest BCUT2D eigenvalue weighted by atomic mass is 10.2. The molecule has 0 radical (unpaired) electrons. The van der Waals surface area contributed by atoms with E-state index in [0.717, 1.165) is 5.39 Å². The lowest BCUT2D eigenvalue weighted by molar-refractivity contribution is 0.101. The molecule has 12 nitrogen and oxygen atoms in total. The number of methoxy groups -OCH3 is 2. The maximum atomic E-state index is 13.0. The number of carbonyl (C=O) groups excluding carboxylic acids is 1. The second-order valence-corrected chi connectivity index (χ2v) is 8.27. The van der Waals surface area contributed by atoms with Gasteiger partial charge in [-0.2, -0.15) is 5.10 Å². The molecule has 0 atom stereocenters. The van der Waals surface area contributed by atoms with Crippen molar-refractivity contribution in [1.29, 1.82) is 0 Å². The molecule has 1 amide bonds. The Morgan fingerprint density at radius 3 is 2.46 bits per heavy atom. The van der Waals surface area contributed by atoms with Crippen LogP contribution in [0.4, 0.5) is 5.82 Å². The molecule has 0 unspecified atom stereocenters. The van der Waals surface area contributed by atoms with Crippen LogP contribution in [0.3, 0.4) is 0 Å². The van der Waals surface area contributed by atoms with Crippen LogP contribution in [-0.2, 0) is 0 Å². The van der Waals surface area contributed by atoms with Crippen molar-refractivity contribution in [3.63, 3.8) is 0 Å². The number of pyridine rings is 2. The van der Waals surface area contributed by atoms with Crippen LogP contribution in [0.2, 0.25) is 5.15 Å².